The van der Waals surface area contributed by atoms with Gasteiger partial charge in [-0.3, -0.25) is 5.10 Å². The number of benzene rings is 1. The average Bonchev–Trinajstić information content (AvgIpc) is 3.06. The number of furan rings is 1. The normalized spacial score (nSPS) is 12.7. The molecular formula is C14H15N3O. The van der Waals surface area contributed by atoms with E-state index in [4.69, 9.17) is 4.42 Å². The van der Waals surface area contributed by atoms with E-state index >= 15 is 0 Å². The Bertz CT molecular complexity index is 627. The maximum absolute atomic E-state index is 5.45. The molecule has 2 heterocycles. The number of aromatic nitrogens is 2. The first-order valence-corrected chi connectivity index (χ1v) is 6.10. The van der Waals surface area contributed by atoms with Crippen LogP contribution in [0.2, 0.25) is 0 Å². The minimum atomic E-state index is 0.198. The molecule has 3 rings (SSSR count). The Kier molecular flexibility index (Phi) is 2.76. The third-order valence-corrected chi connectivity index (χ3v) is 3.08. The smallest absolute Gasteiger partial charge is 0.125 e. The van der Waals surface area contributed by atoms with Gasteiger partial charge in [-0.25, -0.2) is 0 Å². The Morgan fingerprint density at radius 2 is 2.33 bits per heavy atom. The Hall–Kier alpha value is -2.23. The van der Waals surface area contributed by atoms with E-state index in [1.807, 2.05) is 30.5 Å². The van der Waals surface area contributed by atoms with Crippen LogP contribution in [0.15, 0.2) is 47.2 Å². The SMILES string of the molecule is CCC(Nc1ccc2[nH]ncc2c1)c1ccco1. The lowest BCUT2D eigenvalue weighted by Gasteiger charge is -2.15. The van der Waals surface area contributed by atoms with E-state index in [1.54, 1.807) is 6.26 Å². The van der Waals surface area contributed by atoms with E-state index in [2.05, 4.69) is 28.5 Å². The second-order valence-corrected chi connectivity index (χ2v) is 4.29. The Morgan fingerprint density at radius 1 is 1.39 bits per heavy atom. The van der Waals surface area contributed by atoms with Crippen LogP contribution in [0, 0.1) is 0 Å². The molecule has 0 aliphatic rings. The van der Waals surface area contributed by atoms with Crippen molar-refractivity contribution in [2.75, 3.05) is 5.32 Å². The van der Waals surface area contributed by atoms with Gasteiger partial charge in [0.25, 0.3) is 0 Å². The fourth-order valence-electron chi connectivity index (χ4n) is 2.10. The quantitative estimate of drug-likeness (QED) is 0.732. The molecule has 0 saturated heterocycles. The van der Waals surface area contributed by atoms with Gasteiger partial charge in [-0.15, -0.1) is 0 Å². The number of hydrogen-bond acceptors (Lipinski definition) is 3. The fraction of sp³-hybridized carbons (Fsp3) is 0.214. The maximum atomic E-state index is 5.45. The van der Waals surface area contributed by atoms with Crippen LogP contribution in [0.3, 0.4) is 0 Å². The van der Waals surface area contributed by atoms with Crippen LogP contribution in [-0.4, -0.2) is 10.2 Å². The molecule has 92 valence electrons. The molecule has 2 aromatic heterocycles. The summed E-state index contributed by atoms with van der Waals surface area (Å²) in [6.45, 7) is 2.14. The summed E-state index contributed by atoms with van der Waals surface area (Å²) in [5, 5.41) is 11.5. The molecule has 2 N–H and O–H groups in total. The molecule has 4 nitrogen and oxygen atoms in total. The van der Waals surface area contributed by atoms with E-state index in [0.717, 1.165) is 28.8 Å². The van der Waals surface area contributed by atoms with Crippen molar-refractivity contribution < 1.29 is 4.42 Å². The van der Waals surface area contributed by atoms with Crippen molar-refractivity contribution >= 4 is 16.6 Å². The Morgan fingerprint density at radius 3 is 3.11 bits per heavy atom. The first-order valence-electron chi connectivity index (χ1n) is 6.10. The van der Waals surface area contributed by atoms with Crippen molar-refractivity contribution in [3.63, 3.8) is 0 Å². The summed E-state index contributed by atoms with van der Waals surface area (Å²) in [6, 6.07) is 10.3. The van der Waals surface area contributed by atoms with Gasteiger partial charge in [0.2, 0.25) is 0 Å². The van der Waals surface area contributed by atoms with Gasteiger partial charge >= 0.3 is 0 Å². The average molecular weight is 241 g/mol. The number of fused-ring (bicyclic) bond motifs is 1. The summed E-state index contributed by atoms with van der Waals surface area (Å²) in [7, 11) is 0. The van der Waals surface area contributed by atoms with Gasteiger partial charge in [-0.1, -0.05) is 6.92 Å². The first-order chi connectivity index (χ1) is 8.86. The van der Waals surface area contributed by atoms with Crippen molar-refractivity contribution in [3.05, 3.63) is 48.6 Å². The third-order valence-electron chi connectivity index (χ3n) is 3.08. The van der Waals surface area contributed by atoms with Crippen LogP contribution in [-0.2, 0) is 0 Å². The highest BCUT2D eigenvalue weighted by molar-refractivity contribution is 5.81. The first kappa shape index (κ1) is 10.9. The molecule has 0 aliphatic heterocycles. The lowest BCUT2D eigenvalue weighted by atomic mass is 10.1. The highest BCUT2D eigenvalue weighted by atomic mass is 16.3. The van der Waals surface area contributed by atoms with Gasteiger partial charge in [0.1, 0.15) is 5.76 Å². The monoisotopic (exact) mass is 241 g/mol. The van der Waals surface area contributed by atoms with E-state index in [1.165, 1.54) is 0 Å². The van der Waals surface area contributed by atoms with Crippen LogP contribution in [0.4, 0.5) is 5.69 Å². The van der Waals surface area contributed by atoms with Gasteiger partial charge in [-0.05, 0) is 36.8 Å². The van der Waals surface area contributed by atoms with Gasteiger partial charge in [0, 0.05) is 11.1 Å². The van der Waals surface area contributed by atoms with Crippen molar-refractivity contribution in [1.82, 2.24) is 10.2 Å². The summed E-state index contributed by atoms with van der Waals surface area (Å²) in [6.07, 6.45) is 4.50. The Balaban J connectivity index is 1.86. The molecule has 0 aliphatic carbocycles. The van der Waals surface area contributed by atoms with Crippen molar-refractivity contribution in [2.45, 2.75) is 19.4 Å². The molecule has 0 bridgehead atoms. The van der Waals surface area contributed by atoms with Crippen LogP contribution in [0.25, 0.3) is 10.9 Å². The zero-order valence-electron chi connectivity index (χ0n) is 10.2. The van der Waals surface area contributed by atoms with Crippen LogP contribution < -0.4 is 5.32 Å². The molecule has 1 atom stereocenters. The molecule has 1 unspecified atom stereocenters. The predicted octanol–water partition coefficient (Wildman–Crippen LogP) is 3.72. The number of aromatic amines is 1. The molecular weight excluding hydrogens is 226 g/mol. The molecule has 18 heavy (non-hydrogen) atoms. The summed E-state index contributed by atoms with van der Waals surface area (Å²) in [5.41, 5.74) is 2.12. The van der Waals surface area contributed by atoms with E-state index in [9.17, 15) is 0 Å². The molecule has 0 spiro atoms. The lowest BCUT2D eigenvalue weighted by molar-refractivity contribution is 0.474. The molecule has 1 aromatic carbocycles. The maximum Gasteiger partial charge on any atom is 0.125 e. The number of H-pyrrole nitrogens is 1. The summed E-state index contributed by atoms with van der Waals surface area (Å²) in [5.74, 6) is 0.963. The second kappa shape index (κ2) is 4.56. The zero-order valence-corrected chi connectivity index (χ0v) is 10.2. The molecule has 0 fully saturated rings. The number of anilines is 1. The largest absolute Gasteiger partial charge is 0.467 e. The van der Waals surface area contributed by atoms with Crippen molar-refractivity contribution in [2.24, 2.45) is 0 Å². The molecule has 0 saturated carbocycles. The summed E-state index contributed by atoms with van der Waals surface area (Å²) >= 11 is 0. The van der Waals surface area contributed by atoms with E-state index in [0.29, 0.717) is 0 Å². The van der Waals surface area contributed by atoms with Gasteiger partial charge in [0.15, 0.2) is 0 Å². The standard InChI is InChI=1S/C14H15N3O/c1-2-12(14-4-3-7-18-14)16-11-5-6-13-10(8-11)9-15-17-13/h3-9,12,16H,2H2,1H3,(H,15,17). The van der Waals surface area contributed by atoms with Gasteiger partial charge < -0.3 is 9.73 Å². The summed E-state index contributed by atoms with van der Waals surface area (Å²) < 4.78 is 5.45. The number of rotatable bonds is 4. The minimum absolute atomic E-state index is 0.198. The van der Waals surface area contributed by atoms with Crippen molar-refractivity contribution in [3.8, 4) is 0 Å². The van der Waals surface area contributed by atoms with Crippen LogP contribution >= 0.6 is 0 Å². The van der Waals surface area contributed by atoms with Crippen LogP contribution in [0.1, 0.15) is 25.1 Å². The molecule has 4 heteroatoms. The lowest BCUT2D eigenvalue weighted by Crippen LogP contribution is -2.08. The highest BCUT2D eigenvalue weighted by Gasteiger charge is 2.11. The zero-order chi connectivity index (χ0) is 12.4. The number of nitrogens with one attached hydrogen (secondary N) is 2. The minimum Gasteiger partial charge on any atom is -0.467 e. The second-order valence-electron chi connectivity index (χ2n) is 4.29. The fourth-order valence-corrected chi connectivity index (χ4v) is 2.10. The van der Waals surface area contributed by atoms with Gasteiger partial charge in [-0.2, -0.15) is 5.10 Å². The predicted molar refractivity (Wildman–Crippen MR) is 71.5 cm³/mol. The topological polar surface area (TPSA) is 53.9 Å². The number of hydrogen-bond donors (Lipinski definition) is 2. The molecule has 3 aromatic rings. The van der Waals surface area contributed by atoms with Crippen LogP contribution in [0.5, 0.6) is 0 Å². The summed E-state index contributed by atoms with van der Waals surface area (Å²) in [4.78, 5) is 0. The van der Waals surface area contributed by atoms with E-state index < -0.39 is 0 Å². The number of nitrogens with zero attached hydrogens (tertiary/aromatic N) is 1. The van der Waals surface area contributed by atoms with E-state index in [-0.39, 0.29) is 6.04 Å². The molecule has 0 radical (unpaired) electrons. The Labute approximate surface area is 105 Å². The van der Waals surface area contributed by atoms with Crippen molar-refractivity contribution in [1.29, 1.82) is 0 Å². The molecule has 0 amide bonds. The third kappa shape index (κ3) is 1.97. The highest BCUT2D eigenvalue weighted by Crippen LogP contribution is 2.24. The van der Waals surface area contributed by atoms with Gasteiger partial charge in [0.05, 0.1) is 24.0 Å².